The number of nitriles is 1. The Balaban J connectivity index is 2.06. The zero-order chi connectivity index (χ0) is 16.7. The van der Waals surface area contributed by atoms with E-state index < -0.39 is 11.8 Å². The second kappa shape index (κ2) is 8.90. The van der Waals surface area contributed by atoms with Crippen LogP contribution in [0.5, 0.6) is 0 Å². The first kappa shape index (κ1) is 17.8. The number of hydrogen-bond donors (Lipinski definition) is 1. The van der Waals surface area contributed by atoms with Gasteiger partial charge in [0.15, 0.2) is 0 Å². The van der Waals surface area contributed by atoms with Gasteiger partial charge in [0.05, 0.1) is 6.07 Å². The Morgan fingerprint density at radius 1 is 1.04 bits per heavy atom. The summed E-state index contributed by atoms with van der Waals surface area (Å²) in [5.74, 6) is -1.08. The maximum atomic E-state index is 12.9. The average molecular weight is 319 g/mol. The summed E-state index contributed by atoms with van der Waals surface area (Å²) in [4.78, 5) is 26.5. The largest absolute Gasteiger partial charge is 0.369 e. The van der Waals surface area contributed by atoms with E-state index in [-0.39, 0.29) is 18.5 Å². The van der Waals surface area contributed by atoms with Gasteiger partial charge in [0, 0.05) is 6.04 Å². The Kier molecular flexibility index (Phi) is 6.88. The van der Waals surface area contributed by atoms with Crippen LogP contribution in [0.15, 0.2) is 0 Å². The smallest absolute Gasteiger partial charge is 0.236 e. The highest BCUT2D eigenvalue weighted by Crippen LogP contribution is 2.31. The van der Waals surface area contributed by atoms with Gasteiger partial charge in [-0.15, -0.1) is 0 Å². The van der Waals surface area contributed by atoms with Crippen molar-refractivity contribution >= 4 is 11.8 Å². The highest BCUT2D eigenvalue weighted by atomic mass is 16.2. The van der Waals surface area contributed by atoms with Gasteiger partial charge in [-0.2, -0.15) is 5.26 Å². The van der Waals surface area contributed by atoms with Crippen molar-refractivity contribution in [3.05, 3.63) is 0 Å². The summed E-state index contributed by atoms with van der Waals surface area (Å²) in [7, 11) is 0. The van der Waals surface area contributed by atoms with Crippen LogP contribution in [0.2, 0.25) is 0 Å². The number of nitrogens with two attached hydrogens (primary N) is 1. The highest BCUT2D eigenvalue weighted by Gasteiger charge is 2.35. The number of hydrogen-bond acceptors (Lipinski definition) is 3. The highest BCUT2D eigenvalue weighted by molar-refractivity contribution is 5.99. The Morgan fingerprint density at radius 3 is 2.13 bits per heavy atom. The third kappa shape index (κ3) is 4.95. The Bertz CT molecular complexity index is 446. The number of nitrogens with zero attached hydrogens (tertiary/aromatic N) is 2. The summed E-state index contributed by atoms with van der Waals surface area (Å²) in [6.45, 7) is 0.0674. The van der Waals surface area contributed by atoms with Gasteiger partial charge in [-0.1, -0.05) is 51.4 Å². The van der Waals surface area contributed by atoms with E-state index in [0.717, 1.165) is 38.5 Å². The average Bonchev–Trinajstić information content (AvgIpc) is 2.58. The standard InChI is InChI=1S/C18H29N3O2/c19-11-12-21(15-9-5-2-6-10-15)18(23)16(17(20)22)13-14-7-3-1-4-8-14/h14-16H,1-10,12-13H2,(H2,20,22). The molecule has 128 valence electrons. The molecule has 0 bridgehead atoms. The van der Waals surface area contributed by atoms with Crippen LogP contribution in [-0.2, 0) is 9.59 Å². The lowest BCUT2D eigenvalue weighted by Gasteiger charge is -2.35. The van der Waals surface area contributed by atoms with Crippen molar-refractivity contribution in [3.8, 4) is 6.07 Å². The van der Waals surface area contributed by atoms with E-state index in [9.17, 15) is 9.59 Å². The minimum Gasteiger partial charge on any atom is -0.369 e. The molecule has 2 amide bonds. The van der Waals surface area contributed by atoms with Crippen LogP contribution in [0.1, 0.15) is 70.6 Å². The second-order valence-electron chi connectivity index (χ2n) is 7.11. The maximum Gasteiger partial charge on any atom is 0.236 e. The van der Waals surface area contributed by atoms with Gasteiger partial charge in [-0.25, -0.2) is 0 Å². The molecular formula is C18H29N3O2. The fraction of sp³-hybridized carbons (Fsp3) is 0.833. The van der Waals surface area contributed by atoms with Gasteiger partial charge in [-0.05, 0) is 25.2 Å². The van der Waals surface area contributed by atoms with Crippen LogP contribution in [-0.4, -0.2) is 29.3 Å². The van der Waals surface area contributed by atoms with Crippen LogP contribution in [0.25, 0.3) is 0 Å². The number of primary amides is 1. The van der Waals surface area contributed by atoms with Crippen molar-refractivity contribution in [2.75, 3.05) is 6.54 Å². The molecule has 2 fully saturated rings. The molecule has 1 atom stereocenters. The summed E-state index contributed by atoms with van der Waals surface area (Å²) in [5.41, 5.74) is 5.55. The van der Waals surface area contributed by atoms with Crippen molar-refractivity contribution in [2.45, 2.75) is 76.7 Å². The molecule has 0 aromatic heterocycles. The Labute approximate surface area is 139 Å². The number of rotatable bonds is 6. The predicted octanol–water partition coefficient (Wildman–Crippen LogP) is 2.74. The van der Waals surface area contributed by atoms with Crippen LogP contribution in [0.3, 0.4) is 0 Å². The molecule has 23 heavy (non-hydrogen) atoms. The first-order chi connectivity index (χ1) is 11.1. The Morgan fingerprint density at radius 2 is 1.61 bits per heavy atom. The van der Waals surface area contributed by atoms with Gasteiger partial charge in [0.2, 0.25) is 11.8 Å². The molecule has 2 N–H and O–H groups in total. The molecule has 2 aliphatic carbocycles. The minimum absolute atomic E-state index is 0.0674. The summed E-state index contributed by atoms with van der Waals surface area (Å²) < 4.78 is 0. The second-order valence-corrected chi connectivity index (χ2v) is 7.11. The fourth-order valence-corrected chi connectivity index (χ4v) is 4.15. The summed E-state index contributed by atoms with van der Waals surface area (Å²) >= 11 is 0. The van der Waals surface area contributed by atoms with Crippen molar-refractivity contribution in [2.24, 2.45) is 17.6 Å². The first-order valence-electron chi connectivity index (χ1n) is 9.10. The van der Waals surface area contributed by atoms with E-state index in [1.165, 1.54) is 25.7 Å². The van der Waals surface area contributed by atoms with E-state index in [0.29, 0.717) is 12.3 Å². The topological polar surface area (TPSA) is 87.2 Å². The van der Waals surface area contributed by atoms with Crippen LogP contribution in [0.4, 0.5) is 0 Å². The van der Waals surface area contributed by atoms with E-state index >= 15 is 0 Å². The van der Waals surface area contributed by atoms with Crippen LogP contribution < -0.4 is 5.73 Å². The summed E-state index contributed by atoms with van der Waals surface area (Å²) in [6.07, 6.45) is 11.5. The van der Waals surface area contributed by atoms with E-state index in [4.69, 9.17) is 11.0 Å². The predicted molar refractivity (Wildman–Crippen MR) is 88.1 cm³/mol. The third-order valence-electron chi connectivity index (χ3n) is 5.47. The van der Waals surface area contributed by atoms with Gasteiger partial charge < -0.3 is 10.6 Å². The van der Waals surface area contributed by atoms with Crippen molar-refractivity contribution in [3.63, 3.8) is 0 Å². The van der Waals surface area contributed by atoms with Crippen LogP contribution >= 0.6 is 0 Å². The molecule has 0 aromatic carbocycles. The lowest BCUT2D eigenvalue weighted by molar-refractivity contribution is -0.143. The lowest BCUT2D eigenvalue weighted by Crippen LogP contribution is -2.48. The zero-order valence-corrected chi connectivity index (χ0v) is 14.0. The fourth-order valence-electron chi connectivity index (χ4n) is 4.15. The summed E-state index contributed by atoms with van der Waals surface area (Å²) in [6, 6.07) is 2.20. The third-order valence-corrected chi connectivity index (χ3v) is 5.47. The molecule has 2 aliphatic rings. The van der Waals surface area contributed by atoms with Gasteiger partial charge >= 0.3 is 0 Å². The lowest BCUT2D eigenvalue weighted by atomic mass is 9.81. The van der Waals surface area contributed by atoms with E-state index in [1.54, 1.807) is 4.90 Å². The van der Waals surface area contributed by atoms with Crippen molar-refractivity contribution < 1.29 is 9.59 Å². The molecular weight excluding hydrogens is 290 g/mol. The first-order valence-corrected chi connectivity index (χ1v) is 9.10. The normalized spacial score (nSPS) is 21.3. The number of carbonyl (C=O) groups is 2. The molecule has 0 aliphatic heterocycles. The molecule has 0 radical (unpaired) electrons. The molecule has 0 heterocycles. The quantitative estimate of drug-likeness (QED) is 0.603. The Hall–Kier alpha value is -1.57. The minimum atomic E-state index is -0.756. The van der Waals surface area contributed by atoms with Crippen LogP contribution in [0, 0.1) is 23.2 Å². The zero-order valence-electron chi connectivity index (χ0n) is 14.0. The van der Waals surface area contributed by atoms with Crippen molar-refractivity contribution in [1.82, 2.24) is 4.90 Å². The molecule has 0 spiro atoms. The van der Waals surface area contributed by atoms with E-state index in [1.807, 2.05) is 0 Å². The van der Waals surface area contributed by atoms with Gasteiger partial charge in [-0.3, -0.25) is 9.59 Å². The molecule has 2 rings (SSSR count). The van der Waals surface area contributed by atoms with E-state index in [2.05, 4.69) is 6.07 Å². The van der Waals surface area contributed by atoms with Crippen molar-refractivity contribution in [1.29, 1.82) is 5.26 Å². The number of amides is 2. The molecule has 2 saturated carbocycles. The molecule has 0 aromatic rings. The molecule has 0 saturated heterocycles. The molecule has 5 heteroatoms. The molecule has 5 nitrogen and oxygen atoms in total. The monoisotopic (exact) mass is 319 g/mol. The van der Waals surface area contributed by atoms with Gasteiger partial charge in [0.1, 0.15) is 12.5 Å². The number of carbonyl (C=O) groups excluding carboxylic acids is 2. The summed E-state index contributed by atoms with van der Waals surface area (Å²) in [5, 5.41) is 9.10. The van der Waals surface area contributed by atoms with Gasteiger partial charge in [0.25, 0.3) is 0 Å². The molecule has 1 unspecified atom stereocenters. The SMILES string of the molecule is N#CCN(C(=O)C(CC1CCCCC1)C(N)=O)C1CCCCC1. The maximum absolute atomic E-state index is 12.9.